The molecule has 0 fully saturated rings. The molecule has 0 atom stereocenters. The molecule has 0 spiro atoms. The van der Waals surface area contributed by atoms with Crippen molar-refractivity contribution < 1.29 is 22.7 Å². The molecule has 1 amide bonds. The first-order valence-electron chi connectivity index (χ1n) is 9.72. The smallest absolute Gasteiger partial charge is 0.251 e. The quantitative estimate of drug-likeness (QED) is 0.632. The topological polar surface area (TPSA) is 93.7 Å². The molecule has 0 aliphatic carbocycles. The number of carbonyl (C=O) groups excluding carboxylic acids is 1. The molecule has 2 aromatic carbocycles. The molecule has 0 aliphatic rings. The van der Waals surface area contributed by atoms with Gasteiger partial charge in [-0.2, -0.15) is 0 Å². The van der Waals surface area contributed by atoms with Gasteiger partial charge in [-0.05, 0) is 57.0 Å². The highest BCUT2D eigenvalue weighted by Crippen LogP contribution is 2.26. The van der Waals surface area contributed by atoms with Crippen molar-refractivity contribution in [1.29, 1.82) is 0 Å². The molecule has 2 rings (SSSR count). The van der Waals surface area contributed by atoms with E-state index in [1.54, 1.807) is 20.8 Å². The van der Waals surface area contributed by atoms with Crippen LogP contribution in [0.2, 0.25) is 0 Å². The molecule has 0 saturated heterocycles. The maximum Gasteiger partial charge on any atom is 0.251 e. The average Bonchev–Trinajstić information content (AvgIpc) is 2.68. The van der Waals surface area contributed by atoms with Crippen LogP contribution in [0.1, 0.15) is 49.2 Å². The Morgan fingerprint density at radius 2 is 1.73 bits per heavy atom. The van der Waals surface area contributed by atoms with Crippen LogP contribution < -0.4 is 14.8 Å². The third kappa shape index (κ3) is 6.55. The van der Waals surface area contributed by atoms with Crippen LogP contribution in [0.4, 0.5) is 0 Å². The maximum absolute atomic E-state index is 12.8. The lowest BCUT2D eigenvalue weighted by atomic mass is 10.1. The lowest BCUT2D eigenvalue weighted by Crippen LogP contribution is -2.40. The van der Waals surface area contributed by atoms with Gasteiger partial charge in [-0.1, -0.05) is 24.3 Å². The molecule has 0 saturated carbocycles. The minimum atomic E-state index is -3.87. The Kier molecular flexibility index (Phi) is 8.00. The molecule has 7 nitrogen and oxygen atoms in total. The molecule has 30 heavy (non-hydrogen) atoms. The van der Waals surface area contributed by atoms with Crippen LogP contribution in [0, 0.1) is 0 Å². The molecule has 0 unspecified atom stereocenters. The second kappa shape index (κ2) is 10.1. The maximum atomic E-state index is 12.8. The Bertz CT molecular complexity index is 981. The predicted molar refractivity (Wildman–Crippen MR) is 116 cm³/mol. The standard InChI is InChI=1S/C22H30N2O5S/c1-6-29-15-18-10-8-7-9-17(18)14-23-21(25)16-11-12-19(28-5)20(13-16)30(26,27)24-22(2,3)4/h7-13,24H,6,14-15H2,1-5H3,(H,23,25). The minimum absolute atomic E-state index is 0.0793. The van der Waals surface area contributed by atoms with Crippen LogP contribution in [0.25, 0.3) is 0 Å². The van der Waals surface area contributed by atoms with Crippen molar-refractivity contribution in [3.63, 3.8) is 0 Å². The average molecular weight is 435 g/mol. The van der Waals surface area contributed by atoms with Gasteiger partial charge in [-0.3, -0.25) is 4.79 Å². The van der Waals surface area contributed by atoms with Crippen molar-refractivity contribution in [3.8, 4) is 5.75 Å². The van der Waals surface area contributed by atoms with Crippen molar-refractivity contribution in [1.82, 2.24) is 10.0 Å². The third-order valence-electron chi connectivity index (χ3n) is 4.18. The first kappa shape index (κ1) is 23.9. The predicted octanol–water partition coefficient (Wildman–Crippen LogP) is 3.24. The molecule has 0 aliphatic heterocycles. The highest BCUT2D eigenvalue weighted by Gasteiger charge is 2.26. The van der Waals surface area contributed by atoms with Gasteiger partial charge in [0.1, 0.15) is 10.6 Å². The number of methoxy groups -OCH3 is 1. The van der Waals surface area contributed by atoms with Crippen molar-refractivity contribution in [3.05, 3.63) is 59.2 Å². The summed E-state index contributed by atoms with van der Waals surface area (Å²) >= 11 is 0. The number of sulfonamides is 1. The number of hydrogen-bond acceptors (Lipinski definition) is 5. The molecular formula is C22H30N2O5S. The van der Waals surface area contributed by atoms with Crippen molar-refractivity contribution >= 4 is 15.9 Å². The first-order chi connectivity index (χ1) is 14.1. The van der Waals surface area contributed by atoms with Crippen molar-refractivity contribution in [2.75, 3.05) is 13.7 Å². The number of ether oxygens (including phenoxy) is 2. The van der Waals surface area contributed by atoms with E-state index in [0.717, 1.165) is 11.1 Å². The monoisotopic (exact) mass is 434 g/mol. The lowest BCUT2D eigenvalue weighted by Gasteiger charge is -2.21. The van der Waals surface area contributed by atoms with Gasteiger partial charge in [0, 0.05) is 24.3 Å². The lowest BCUT2D eigenvalue weighted by molar-refractivity contribution is 0.0949. The van der Waals surface area contributed by atoms with Crippen LogP contribution in [0.15, 0.2) is 47.4 Å². The summed E-state index contributed by atoms with van der Waals surface area (Å²) in [5, 5.41) is 2.85. The Balaban J connectivity index is 2.23. The zero-order valence-corrected chi connectivity index (χ0v) is 18.9. The van der Waals surface area contributed by atoms with Gasteiger partial charge in [0.15, 0.2) is 0 Å². The van der Waals surface area contributed by atoms with E-state index < -0.39 is 15.6 Å². The van der Waals surface area contributed by atoms with E-state index >= 15 is 0 Å². The summed E-state index contributed by atoms with van der Waals surface area (Å²) < 4.78 is 38.8. The number of carbonyl (C=O) groups is 1. The second-order valence-electron chi connectivity index (χ2n) is 7.81. The van der Waals surface area contributed by atoms with Crippen LogP contribution >= 0.6 is 0 Å². The summed E-state index contributed by atoms with van der Waals surface area (Å²) in [5.74, 6) is -0.207. The Morgan fingerprint density at radius 1 is 1.07 bits per heavy atom. The van der Waals surface area contributed by atoms with Crippen molar-refractivity contribution in [2.24, 2.45) is 0 Å². The zero-order chi connectivity index (χ0) is 22.4. The SMILES string of the molecule is CCOCc1ccccc1CNC(=O)c1ccc(OC)c(S(=O)(=O)NC(C)(C)C)c1. The Morgan fingerprint density at radius 3 is 2.33 bits per heavy atom. The molecule has 0 heterocycles. The number of benzene rings is 2. The van der Waals surface area contributed by atoms with E-state index in [9.17, 15) is 13.2 Å². The fraction of sp³-hybridized carbons (Fsp3) is 0.409. The van der Waals surface area contributed by atoms with E-state index in [4.69, 9.17) is 9.47 Å². The minimum Gasteiger partial charge on any atom is -0.495 e. The summed E-state index contributed by atoms with van der Waals surface area (Å²) in [6, 6.07) is 12.0. The normalized spacial score (nSPS) is 11.9. The van der Waals surface area contributed by atoms with Gasteiger partial charge < -0.3 is 14.8 Å². The van der Waals surface area contributed by atoms with E-state index in [-0.39, 0.29) is 22.1 Å². The largest absolute Gasteiger partial charge is 0.495 e. The van der Waals surface area contributed by atoms with Gasteiger partial charge in [0.2, 0.25) is 10.0 Å². The highest BCUT2D eigenvalue weighted by atomic mass is 32.2. The van der Waals surface area contributed by atoms with E-state index in [2.05, 4.69) is 10.0 Å². The molecular weight excluding hydrogens is 404 g/mol. The van der Waals surface area contributed by atoms with Gasteiger partial charge in [0.25, 0.3) is 5.91 Å². The molecule has 0 aromatic heterocycles. The van der Waals surface area contributed by atoms with Gasteiger partial charge in [-0.15, -0.1) is 0 Å². The van der Waals surface area contributed by atoms with Crippen molar-refractivity contribution in [2.45, 2.75) is 51.3 Å². The number of hydrogen-bond donors (Lipinski definition) is 2. The van der Waals surface area contributed by atoms with Crippen LogP contribution in [-0.4, -0.2) is 33.6 Å². The summed E-state index contributed by atoms with van der Waals surface area (Å²) in [7, 11) is -2.48. The van der Waals surface area contributed by atoms with E-state index in [1.165, 1.54) is 25.3 Å². The first-order valence-corrected chi connectivity index (χ1v) is 11.2. The highest BCUT2D eigenvalue weighted by molar-refractivity contribution is 7.89. The fourth-order valence-corrected chi connectivity index (χ4v) is 4.46. The van der Waals surface area contributed by atoms with Gasteiger partial charge in [0.05, 0.1) is 13.7 Å². The molecule has 0 bridgehead atoms. The van der Waals surface area contributed by atoms with Crippen LogP contribution in [0.5, 0.6) is 5.75 Å². The van der Waals surface area contributed by atoms with Gasteiger partial charge >= 0.3 is 0 Å². The molecule has 2 N–H and O–H groups in total. The summed E-state index contributed by atoms with van der Waals surface area (Å²) in [4.78, 5) is 12.6. The molecule has 2 aromatic rings. The second-order valence-corrected chi connectivity index (χ2v) is 9.46. The summed E-state index contributed by atoms with van der Waals surface area (Å²) in [5.41, 5.74) is 1.49. The Hall–Kier alpha value is -2.42. The van der Waals surface area contributed by atoms with Crippen LogP contribution in [-0.2, 0) is 27.9 Å². The zero-order valence-electron chi connectivity index (χ0n) is 18.1. The Labute approximate surface area is 178 Å². The van der Waals surface area contributed by atoms with E-state index in [1.807, 2.05) is 31.2 Å². The summed E-state index contributed by atoms with van der Waals surface area (Å²) in [6.07, 6.45) is 0. The summed E-state index contributed by atoms with van der Waals surface area (Å²) in [6.45, 7) is 8.52. The molecule has 164 valence electrons. The third-order valence-corrected chi connectivity index (χ3v) is 5.95. The van der Waals surface area contributed by atoms with E-state index in [0.29, 0.717) is 19.8 Å². The number of nitrogens with one attached hydrogen (secondary N) is 2. The van der Waals surface area contributed by atoms with Crippen LogP contribution in [0.3, 0.4) is 0 Å². The molecule has 8 heteroatoms. The molecule has 0 radical (unpaired) electrons. The van der Waals surface area contributed by atoms with Gasteiger partial charge in [-0.25, -0.2) is 13.1 Å². The number of amides is 1. The number of rotatable bonds is 9. The fourth-order valence-electron chi connectivity index (χ4n) is 2.85.